The molecule has 4 rings (SSSR count). The minimum Gasteiger partial charge on any atom is -0.378 e. The molecule has 234 valence electrons. The minimum atomic E-state index is 0.501. The van der Waals surface area contributed by atoms with Gasteiger partial charge in [0.05, 0.1) is 6.10 Å². The van der Waals surface area contributed by atoms with Crippen molar-refractivity contribution in [3.63, 3.8) is 0 Å². The van der Waals surface area contributed by atoms with Gasteiger partial charge in [-0.25, -0.2) is 0 Å². The van der Waals surface area contributed by atoms with Gasteiger partial charge in [-0.15, -0.1) is 0 Å². The van der Waals surface area contributed by atoms with E-state index in [1.165, 1.54) is 129 Å². The molecule has 0 aliphatic heterocycles. The van der Waals surface area contributed by atoms with Crippen LogP contribution in [0.25, 0.3) is 0 Å². The lowest BCUT2D eigenvalue weighted by Gasteiger charge is -2.61. The highest BCUT2D eigenvalue weighted by Crippen LogP contribution is 2.68. The summed E-state index contributed by atoms with van der Waals surface area (Å²) in [6.07, 6.45) is 25.7. The van der Waals surface area contributed by atoms with E-state index < -0.39 is 0 Å². The number of rotatable bonds is 17. The van der Waals surface area contributed by atoms with Gasteiger partial charge in [-0.05, 0) is 162 Å². The molecular weight excluding hydrogens is 488 g/mol. The molecule has 0 heterocycles. The average Bonchev–Trinajstić information content (AvgIpc) is 3.30. The SMILES string of the molecule is CCCCCN(CCCCC)CCC[C@@H](C)C1CCC2[C@@H]3CC[C@@H]4C[C@H](OCCCN)CC[C@]4(C)C3CC[C@@]21C. The molecule has 0 radical (unpaired) electrons. The van der Waals surface area contributed by atoms with Gasteiger partial charge in [-0.1, -0.05) is 60.3 Å². The largest absolute Gasteiger partial charge is 0.378 e. The first-order chi connectivity index (χ1) is 19.4. The molecular formula is C37H70N2O. The van der Waals surface area contributed by atoms with Crippen LogP contribution in [-0.2, 0) is 4.74 Å². The zero-order chi connectivity index (χ0) is 28.6. The van der Waals surface area contributed by atoms with Crippen LogP contribution in [0, 0.1) is 46.3 Å². The summed E-state index contributed by atoms with van der Waals surface area (Å²) in [5.41, 5.74) is 6.90. The third-order valence-electron chi connectivity index (χ3n) is 13.4. The number of unbranched alkanes of at least 4 members (excludes halogenated alkanes) is 4. The first kappa shape index (κ1) is 32.8. The maximum Gasteiger partial charge on any atom is 0.0578 e. The van der Waals surface area contributed by atoms with E-state index in [0.717, 1.165) is 55.1 Å². The highest BCUT2D eigenvalue weighted by atomic mass is 16.5. The van der Waals surface area contributed by atoms with Crippen LogP contribution in [0.4, 0.5) is 0 Å². The second kappa shape index (κ2) is 15.6. The predicted molar refractivity (Wildman–Crippen MR) is 173 cm³/mol. The fraction of sp³-hybridized carbons (Fsp3) is 1.00. The van der Waals surface area contributed by atoms with Crippen LogP contribution in [0.15, 0.2) is 0 Å². The molecule has 3 unspecified atom stereocenters. The third-order valence-corrected chi connectivity index (χ3v) is 13.4. The first-order valence-electron chi connectivity index (χ1n) is 18.4. The summed E-state index contributed by atoms with van der Waals surface area (Å²) >= 11 is 0. The smallest absolute Gasteiger partial charge is 0.0578 e. The van der Waals surface area contributed by atoms with Gasteiger partial charge in [0.1, 0.15) is 0 Å². The Labute approximate surface area is 250 Å². The molecule has 3 nitrogen and oxygen atoms in total. The van der Waals surface area contributed by atoms with Crippen molar-refractivity contribution in [2.75, 3.05) is 32.8 Å². The Kier molecular flexibility index (Phi) is 12.8. The van der Waals surface area contributed by atoms with Crippen LogP contribution in [0.3, 0.4) is 0 Å². The van der Waals surface area contributed by atoms with Crippen LogP contribution in [0.5, 0.6) is 0 Å². The summed E-state index contributed by atoms with van der Waals surface area (Å²) in [5, 5.41) is 0. The first-order valence-corrected chi connectivity index (χ1v) is 18.4. The van der Waals surface area contributed by atoms with E-state index >= 15 is 0 Å². The van der Waals surface area contributed by atoms with Gasteiger partial charge in [0.25, 0.3) is 0 Å². The van der Waals surface area contributed by atoms with Crippen molar-refractivity contribution in [1.82, 2.24) is 4.90 Å². The lowest BCUT2D eigenvalue weighted by atomic mass is 9.44. The van der Waals surface area contributed by atoms with E-state index in [-0.39, 0.29) is 0 Å². The summed E-state index contributed by atoms with van der Waals surface area (Å²) in [5.74, 6) is 5.72. The molecule has 3 heteroatoms. The summed E-state index contributed by atoms with van der Waals surface area (Å²) in [6, 6.07) is 0. The molecule has 0 aromatic rings. The summed E-state index contributed by atoms with van der Waals surface area (Å²) in [4.78, 5) is 2.82. The molecule has 0 amide bonds. The highest BCUT2D eigenvalue weighted by Gasteiger charge is 2.60. The monoisotopic (exact) mass is 559 g/mol. The van der Waals surface area contributed by atoms with Crippen molar-refractivity contribution in [3.05, 3.63) is 0 Å². The lowest BCUT2D eigenvalue weighted by Crippen LogP contribution is -2.54. The average molecular weight is 559 g/mol. The molecule has 2 N–H and O–H groups in total. The molecule has 0 bridgehead atoms. The van der Waals surface area contributed by atoms with E-state index in [1.807, 2.05) is 0 Å². The maximum absolute atomic E-state index is 6.29. The van der Waals surface area contributed by atoms with E-state index in [0.29, 0.717) is 16.9 Å². The molecule has 4 aliphatic rings. The van der Waals surface area contributed by atoms with Crippen LogP contribution >= 0.6 is 0 Å². The van der Waals surface area contributed by atoms with Crippen molar-refractivity contribution in [2.24, 2.45) is 52.1 Å². The van der Waals surface area contributed by atoms with Gasteiger partial charge >= 0.3 is 0 Å². The third kappa shape index (κ3) is 7.50. The summed E-state index contributed by atoms with van der Waals surface area (Å²) in [6.45, 7) is 18.4. The molecule has 40 heavy (non-hydrogen) atoms. The Balaban J connectivity index is 1.29. The minimum absolute atomic E-state index is 0.501. The van der Waals surface area contributed by atoms with E-state index in [1.54, 1.807) is 0 Å². The quantitative estimate of drug-likeness (QED) is 0.181. The second-order valence-corrected chi connectivity index (χ2v) is 15.7. The molecule has 0 saturated heterocycles. The molecule has 0 aromatic heterocycles. The molecule has 0 aromatic carbocycles. The standard InChI is InChI=1S/C37H70N2O/c1-6-8-10-24-39(25-11-9-7-2)26-12-14-29(3)33-17-18-34-32-16-15-30-28-31(40-27-13-23-38)19-21-36(30,4)35(32)20-22-37(33,34)5/h29-35H,6-28,38H2,1-5H3/t29-,30-,31-,32+,33?,34?,35?,36+,37-/m1/s1. The molecule has 4 fully saturated rings. The van der Waals surface area contributed by atoms with Gasteiger partial charge in [0.2, 0.25) is 0 Å². The molecule has 0 spiro atoms. The highest BCUT2D eigenvalue weighted by molar-refractivity contribution is 5.09. The number of hydrogen-bond donors (Lipinski definition) is 1. The Morgan fingerprint density at radius 1 is 0.775 bits per heavy atom. The van der Waals surface area contributed by atoms with Crippen molar-refractivity contribution >= 4 is 0 Å². The Hall–Kier alpha value is -0.120. The maximum atomic E-state index is 6.29. The van der Waals surface area contributed by atoms with Crippen LogP contribution < -0.4 is 5.73 Å². The second-order valence-electron chi connectivity index (χ2n) is 15.7. The van der Waals surface area contributed by atoms with Gasteiger partial charge in [-0.3, -0.25) is 0 Å². The van der Waals surface area contributed by atoms with Crippen LogP contribution in [-0.4, -0.2) is 43.8 Å². The van der Waals surface area contributed by atoms with Crippen molar-refractivity contribution < 1.29 is 4.74 Å². The van der Waals surface area contributed by atoms with E-state index in [2.05, 4.69) is 39.5 Å². The molecule has 4 aliphatic carbocycles. The Morgan fingerprint density at radius 2 is 1.45 bits per heavy atom. The Bertz CT molecular complexity index is 717. The normalized spacial score (nSPS) is 38.2. The summed E-state index contributed by atoms with van der Waals surface area (Å²) in [7, 11) is 0. The van der Waals surface area contributed by atoms with E-state index in [9.17, 15) is 0 Å². The number of fused-ring (bicyclic) bond motifs is 5. The van der Waals surface area contributed by atoms with E-state index in [4.69, 9.17) is 10.5 Å². The van der Waals surface area contributed by atoms with Gasteiger partial charge in [0.15, 0.2) is 0 Å². The van der Waals surface area contributed by atoms with Crippen LogP contribution in [0.2, 0.25) is 0 Å². The lowest BCUT2D eigenvalue weighted by molar-refractivity contribution is -0.136. The van der Waals surface area contributed by atoms with Crippen molar-refractivity contribution in [2.45, 2.75) is 156 Å². The molecule has 4 saturated carbocycles. The van der Waals surface area contributed by atoms with Gasteiger partial charge < -0.3 is 15.4 Å². The predicted octanol–water partition coefficient (Wildman–Crippen LogP) is 9.48. The van der Waals surface area contributed by atoms with Gasteiger partial charge in [0, 0.05) is 6.61 Å². The zero-order valence-electron chi connectivity index (χ0n) is 27.7. The fourth-order valence-electron chi connectivity index (χ4n) is 11.0. The fourth-order valence-corrected chi connectivity index (χ4v) is 11.0. The topological polar surface area (TPSA) is 38.5 Å². The van der Waals surface area contributed by atoms with Crippen molar-refractivity contribution in [1.29, 1.82) is 0 Å². The number of nitrogens with two attached hydrogens (primary N) is 1. The number of ether oxygens (including phenoxy) is 1. The zero-order valence-corrected chi connectivity index (χ0v) is 27.7. The summed E-state index contributed by atoms with van der Waals surface area (Å²) < 4.78 is 6.29. The number of nitrogens with zero attached hydrogens (tertiary/aromatic N) is 1. The van der Waals surface area contributed by atoms with Gasteiger partial charge in [-0.2, -0.15) is 0 Å². The number of hydrogen-bond acceptors (Lipinski definition) is 3. The Morgan fingerprint density at radius 3 is 2.15 bits per heavy atom. The van der Waals surface area contributed by atoms with Crippen molar-refractivity contribution in [3.8, 4) is 0 Å². The van der Waals surface area contributed by atoms with Crippen LogP contribution in [0.1, 0.15) is 150 Å². The molecule has 9 atom stereocenters.